The molecule has 2 nitrogen and oxygen atoms in total. The van der Waals surface area contributed by atoms with E-state index >= 15 is 0 Å². The van der Waals surface area contributed by atoms with E-state index in [9.17, 15) is 4.79 Å². The van der Waals surface area contributed by atoms with E-state index in [0.29, 0.717) is 6.54 Å². The monoisotopic (exact) mass is 217 g/mol. The van der Waals surface area contributed by atoms with E-state index in [2.05, 4.69) is 5.32 Å². The average Bonchev–Trinajstić information content (AvgIpc) is 2.81. The highest BCUT2D eigenvalue weighted by Gasteiger charge is 2.04. The Morgan fingerprint density at radius 3 is 2.60 bits per heavy atom. The van der Waals surface area contributed by atoms with Crippen LogP contribution in [0.1, 0.15) is 15.2 Å². The van der Waals surface area contributed by atoms with Crippen LogP contribution in [0.5, 0.6) is 0 Å². The molecule has 1 amide bonds. The van der Waals surface area contributed by atoms with Crippen LogP contribution in [-0.2, 0) is 6.54 Å². The van der Waals surface area contributed by atoms with Crippen LogP contribution >= 0.6 is 11.3 Å². The third kappa shape index (κ3) is 2.67. The van der Waals surface area contributed by atoms with Gasteiger partial charge in [0.2, 0.25) is 0 Å². The molecule has 0 unspecified atom stereocenters. The molecule has 0 atom stereocenters. The van der Waals surface area contributed by atoms with Crippen molar-refractivity contribution in [3.63, 3.8) is 0 Å². The van der Waals surface area contributed by atoms with E-state index in [4.69, 9.17) is 0 Å². The minimum absolute atomic E-state index is 0.00569. The van der Waals surface area contributed by atoms with Crippen LogP contribution in [-0.4, -0.2) is 5.91 Å². The number of amides is 1. The lowest BCUT2D eigenvalue weighted by Crippen LogP contribution is -2.21. The van der Waals surface area contributed by atoms with Crippen LogP contribution in [0, 0.1) is 0 Å². The van der Waals surface area contributed by atoms with Crippen LogP contribution in [0.15, 0.2) is 47.8 Å². The molecule has 15 heavy (non-hydrogen) atoms. The molecule has 2 rings (SSSR count). The molecule has 0 aliphatic rings. The first-order valence-corrected chi connectivity index (χ1v) is 5.60. The van der Waals surface area contributed by atoms with E-state index < -0.39 is 0 Å². The van der Waals surface area contributed by atoms with Crippen molar-refractivity contribution in [2.75, 3.05) is 0 Å². The number of nitrogens with one attached hydrogen (secondary N) is 1. The summed E-state index contributed by atoms with van der Waals surface area (Å²) in [5.41, 5.74) is 1.11. The van der Waals surface area contributed by atoms with Crippen molar-refractivity contribution >= 4 is 17.2 Å². The standard InChI is InChI=1S/C12H11NOS/c14-12(11-7-4-8-15-11)13-9-10-5-2-1-3-6-10/h1-8H,9H2,(H,13,14). The fraction of sp³-hybridized carbons (Fsp3) is 0.0833. The lowest BCUT2D eigenvalue weighted by atomic mass is 10.2. The Labute approximate surface area is 92.6 Å². The summed E-state index contributed by atoms with van der Waals surface area (Å²) >= 11 is 1.45. The first kappa shape index (κ1) is 9.93. The molecule has 3 heteroatoms. The zero-order valence-electron chi connectivity index (χ0n) is 8.14. The molecule has 0 spiro atoms. The van der Waals surface area contributed by atoms with Crippen molar-refractivity contribution in [1.82, 2.24) is 5.32 Å². The molecule has 1 heterocycles. The Kier molecular flexibility index (Phi) is 3.15. The van der Waals surface area contributed by atoms with E-state index in [1.165, 1.54) is 11.3 Å². The van der Waals surface area contributed by atoms with Gasteiger partial charge in [-0.2, -0.15) is 0 Å². The van der Waals surface area contributed by atoms with Gasteiger partial charge in [-0.25, -0.2) is 0 Å². The summed E-state index contributed by atoms with van der Waals surface area (Å²) < 4.78 is 0. The first-order valence-electron chi connectivity index (χ1n) is 4.72. The molecule has 2 aromatic rings. The van der Waals surface area contributed by atoms with Gasteiger partial charge in [0.1, 0.15) is 0 Å². The maximum Gasteiger partial charge on any atom is 0.261 e. The minimum atomic E-state index is -0.00569. The number of benzene rings is 1. The Morgan fingerprint density at radius 2 is 1.93 bits per heavy atom. The van der Waals surface area contributed by atoms with Crippen LogP contribution in [0.4, 0.5) is 0 Å². The van der Waals surface area contributed by atoms with Gasteiger partial charge in [-0.3, -0.25) is 4.79 Å². The zero-order valence-corrected chi connectivity index (χ0v) is 8.96. The van der Waals surface area contributed by atoms with Crippen molar-refractivity contribution in [2.24, 2.45) is 0 Å². The Hall–Kier alpha value is -1.61. The van der Waals surface area contributed by atoms with Crippen LogP contribution in [0.25, 0.3) is 0 Å². The molecule has 1 aromatic carbocycles. The van der Waals surface area contributed by atoms with Crippen molar-refractivity contribution in [1.29, 1.82) is 0 Å². The third-order valence-corrected chi connectivity index (χ3v) is 2.91. The molecule has 0 fully saturated rings. The molecular formula is C12H11NOS. The molecule has 0 saturated heterocycles. The quantitative estimate of drug-likeness (QED) is 0.841. The van der Waals surface area contributed by atoms with Gasteiger partial charge in [0.25, 0.3) is 5.91 Å². The lowest BCUT2D eigenvalue weighted by molar-refractivity contribution is 0.0955. The lowest BCUT2D eigenvalue weighted by Gasteiger charge is -2.02. The molecule has 0 aliphatic heterocycles. The maximum absolute atomic E-state index is 11.6. The van der Waals surface area contributed by atoms with Gasteiger partial charge in [0.05, 0.1) is 4.88 Å². The summed E-state index contributed by atoms with van der Waals surface area (Å²) in [6.45, 7) is 0.581. The molecular weight excluding hydrogens is 206 g/mol. The number of carbonyl (C=O) groups excluding carboxylic acids is 1. The summed E-state index contributed by atoms with van der Waals surface area (Å²) in [6, 6.07) is 13.6. The summed E-state index contributed by atoms with van der Waals surface area (Å²) in [7, 11) is 0. The molecule has 0 bridgehead atoms. The highest BCUT2D eigenvalue weighted by molar-refractivity contribution is 7.12. The topological polar surface area (TPSA) is 29.1 Å². The number of carbonyl (C=O) groups is 1. The van der Waals surface area contributed by atoms with Crippen molar-refractivity contribution in [3.8, 4) is 0 Å². The minimum Gasteiger partial charge on any atom is -0.347 e. The summed E-state index contributed by atoms with van der Waals surface area (Å²) in [4.78, 5) is 12.3. The van der Waals surface area contributed by atoms with Gasteiger partial charge in [0.15, 0.2) is 0 Å². The average molecular weight is 217 g/mol. The van der Waals surface area contributed by atoms with Gasteiger partial charge in [-0.05, 0) is 17.0 Å². The molecule has 1 N–H and O–H groups in total. The highest BCUT2D eigenvalue weighted by Crippen LogP contribution is 2.08. The molecule has 0 radical (unpaired) electrons. The summed E-state index contributed by atoms with van der Waals surface area (Å²) in [5.74, 6) is -0.00569. The molecule has 0 saturated carbocycles. The Balaban J connectivity index is 1.92. The van der Waals surface area contributed by atoms with Gasteiger partial charge in [-0.1, -0.05) is 36.4 Å². The third-order valence-electron chi connectivity index (χ3n) is 2.04. The Morgan fingerprint density at radius 1 is 1.13 bits per heavy atom. The Bertz CT molecular complexity index is 422. The second kappa shape index (κ2) is 4.75. The SMILES string of the molecule is O=C(NCc1ccccc1)c1cccs1. The normalized spacial score (nSPS) is 9.87. The molecule has 1 aromatic heterocycles. The second-order valence-electron chi connectivity index (χ2n) is 3.15. The summed E-state index contributed by atoms with van der Waals surface area (Å²) in [6.07, 6.45) is 0. The molecule has 76 valence electrons. The van der Waals surface area contributed by atoms with E-state index in [1.807, 2.05) is 47.8 Å². The fourth-order valence-electron chi connectivity index (χ4n) is 1.27. The number of rotatable bonds is 3. The van der Waals surface area contributed by atoms with Gasteiger partial charge >= 0.3 is 0 Å². The maximum atomic E-state index is 11.6. The van der Waals surface area contributed by atoms with E-state index in [1.54, 1.807) is 0 Å². The van der Waals surface area contributed by atoms with E-state index in [0.717, 1.165) is 10.4 Å². The summed E-state index contributed by atoms with van der Waals surface area (Å²) in [5, 5.41) is 4.77. The number of hydrogen-bond acceptors (Lipinski definition) is 2. The van der Waals surface area contributed by atoms with Gasteiger partial charge in [0, 0.05) is 6.54 Å². The largest absolute Gasteiger partial charge is 0.347 e. The van der Waals surface area contributed by atoms with Crippen molar-refractivity contribution in [2.45, 2.75) is 6.54 Å². The zero-order chi connectivity index (χ0) is 10.5. The van der Waals surface area contributed by atoms with Crippen LogP contribution in [0.2, 0.25) is 0 Å². The van der Waals surface area contributed by atoms with Gasteiger partial charge in [-0.15, -0.1) is 11.3 Å². The second-order valence-corrected chi connectivity index (χ2v) is 4.09. The number of thiophene rings is 1. The van der Waals surface area contributed by atoms with Gasteiger partial charge < -0.3 is 5.32 Å². The van der Waals surface area contributed by atoms with Crippen molar-refractivity contribution in [3.05, 3.63) is 58.3 Å². The van der Waals surface area contributed by atoms with Crippen molar-refractivity contribution < 1.29 is 4.79 Å². The predicted molar refractivity (Wildman–Crippen MR) is 61.9 cm³/mol. The van der Waals surface area contributed by atoms with Crippen LogP contribution < -0.4 is 5.32 Å². The molecule has 0 aliphatic carbocycles. The van der Waals surface area contributed by atoms with Crippen LogP contribution in [0.3, 0.4) is 0 Å². The van der Waals surface area contributed by atoms with E-state index in [-0.39, 0.29) is 5.91 Å². The first-order chi connectivity index (χ1) is 7.36. The predicted octanol–water partition coefficient (Wildman–Crippen LogP) is 2.68. The smallest absolute Gasteiger partial charge is 0.261 e. The highest BCUT2D eigenvalue weighted by atomic mass is 32.1. The fourth-order valence-corrected chi connectivity index (χ4v) is 1.91. The number of hydrogen-bond donors (Lipinski definition) is 1.